The van der Waals surface area contributed by atoms with Crippen molar-refractivity contribution in [3.05, 3.63) is 166 Å². The number of ether oxygens (including phenoxy) is 3. The Bertz CT molecular complexity index is 2670. The highest BCUT2D eigenvalue weighted by molar-refractivity contribution is 6.12. The van der Waals surface area contributed by atoms with Crippen molar-refractivity contribution in [2.45, 2.75) is 68.3 Å². The van der Waals surface area contributed by atoms with Crippen molar-refractivity contribution in [3.63, 3.8) is 0 Å². The second-order valence-electron chi connectivity index (χ2n) is 16.8. The Morgan fingerprint density at radius 2 is 1.50 bits per heavy atom. The lowest BCUT2D eigenvalue weighted by molar-refractivity contribution is -0.179. The zero-order chi connectivity index (χ0) is 42.5. The van der Waals surface area contributed by atoms with Gasteiger partial charge >= 0.3 is 5.97 Å². The maximum Gasteiger partial charge on any atom is 0.324 e. The lowest BCUT2D eigenvalue weighted by Crippen LogP contribution is -2.56. The molecule has 5 aromatic carbocycles. The van der Waals surface area contributed by atoms with E-state index in [0.29, 0.717) is 46.8 Å². The molecule has 2 fully saturated rings. The topological polar surface area (TPSA) is 118 Å². The molecular formula is C52H47N3O7. The summed E-state index contributed by atoms with van der Waals surface area (Å²) in [4.78, 5) is 50.8. The molecule has 2 amide bonds. The lowest BCUT2D eigenvalue weighted by Gasteiger charge is -2.46. The van der Waals surface area contributed by atoms with Gasteiger partial charge in [-0.2, -0.15) is 0 Å². The van der Waals surface area contributed by atoms with Gasteiger partial charge in [-0.15, -0.1) is 0 Å². The highest BCUT2D eigenvalue weighted by atomic mass is 16.6. The number of cyclic esters (lactones) is 1. The number of aromatic hydroxyl groups is 1. The van der Waals surface area contributed by atoms with Crippen molar-refractivity contribution in [2.75, 3.05) is 26.1 Å². The molecule has 62 heavy (non-hydrogen) atoms. The smallest absolute Gasteiger partial charge is 0.324 e. The minimum Gasteiger partial charge on any atom is -0.508 e. The standard InChI is InChI=1S/C52H47N3O7/c1-60-42-29-37-26-27-54(31-38(37)30-43(42)61-2)49(57)44-46-50(58)62-47(35-16-10-5-11-17-35)45(34-14-8-4-9-15-34)55(46)48(36-21-23-39(56)24-22-36)52(44)40-28-33(20-25-41(40)53-51(52)59)19-18-32-12-6-3-7-13-32/h4-5,8-12,14-17,20-25,28-30,44-48,56H,3,6-7,13,26-27,31H2,1-2H3,(H,53,59)/t44-,45-,46-,47+,48+,52-/m0/s1. The summed E-state index contributed by atoms with van der Waals surface area (Å²) in [6, 6.07) is 33.1. The Labute approximate surface area is 361 Å². The number of morpholine rings is 1. The first-order valence-corrected chi connectivity index (χ1v) is 21.4. The van der Waals surface area contributed by atoms with Gasteiger partial charge in [0.15, 0.2) is 11.5 Å². The van der Waals surface area contributed by atoms with Crippen molar-refractivity contribution in [1.82, 2.24) is 9.80 Å². The van der Waals surface area contributed by atoms with Crippen LogP contribution < -0.4 is 14.8 Å². The van der Waals surface area contributed by atoms with E-state index in [1.165, 1.54) is 0 Å². The van der Waals surface area contributed by atoms with Crippen molar-refractivity contribution in [1.29, 1.82) is 0 Å². The van der Waals surface area contributed by atoms with Gasteiger partial charge in [0.2, 0.25) is 11.8 Å². The number of carbonyl (C=O) groups is 3. The molecule has 10 nitrogen and oxygen atoms in total. The quantitative estimate of drug-likeness (QED) is 0.130. The Morgan fingerprint density at radius 1 is 0.790 bits per heavy atom. The zero-order valence-corrected chi connectivity index (χ0v) is 34.7. The first-order valence-electron chi connectivity index (χ1n) is 21.4. The lowest BCUT2D eigenvalue weighted by atomic mass is 9.65. The number of phenols is 1. The van der Waals surface area contributed by atoms with Gasteiger partial charge in [-0.1, -0.05) is 90.7 Å². The van der Waals surface area contributed by atoms with E-state index in [2.05, 4.69) is 28.1 Å². The number of rotatable bonds is 6. The van der Waals surface area contributed by atoms with Gasteiger partial charge in [0, 0.05) is 24.3 Å². The van der Waals surface area contributed by atoms with E-state index in [9.17, 15) is 5.11 Å². The fourth-order valence-corrected chi connectivity index (χ4v) is 10.7. The molecule has 5 aliphatic rings. The summed E-state index contributed by atoms with van der Waals surface area (Å²) < 4.78 is 17.9. The number of allylic oxidation sites excluding steroid dienone is 2. The van der Waals surface area contributed by atoms with E-state index in [-0.39, 0.29) is 18.2 Å². The first kappa shape index (κ1) is 39.3. The van der Waals surface area contributed by atoms with Crippen molar-refractivity contribution in [2.24, 2.45) is 5.92 Å². The van der Waals surface area contributed by atoms with Crippen LogP contribution in [0.25, 0.3) is 0 Å². The zero-order valence-electron chi connectivity index (χ0n) is 34.7. The monoisotopic (exact) mass is 825 g/mol. The van der Waals surface area contributed by atoms with Gasteiger partial charge in [0.25, 0.3) is 0 Å². The van der Waals surface area contributed by atoms with Gasteiger partial charge in [-0.05, 0) is 114 Å². The Balaban J connectivity index is 1.22. The van der Waals surface area contributed by atoms with Gasteiger partial charge in [-0.3, -0.25) is 19.3 Å². The summed E-state index contributed by atoms with van der Waals surface area (Å²) in [5.74, 6) is 5.42. The predicted molar refractivity (Wildman–Crippen MR) is 233 cm³/mol. The van der Waals surface area contributed by atoms with Crippen LogP contribution in [0.5, 0.6) is 17.2 Å². The first-order chi connectivity index (χ1) is 30.3. The van der Waals surface area contributed by atoms with Crippen LogP contribution >= 0.6 is 0 Å². The van der Waals surface area contributed by atoms with Crippen LogP contribution in [-0.2, 0) is 37.5 Å². The number of hydrogen-bond acceptors (Lipinski definition) is 8. The maximum absolute atomic E-state index is 16.0. The van der Waals surface area contributed by atoms with Crippen LogP contribution in [0, 0.1) is 17.8 Å². The molecule has 312 valence electrons. The number of nitrogens with one attached hydrogen (secondary N) is 1. The van der Waals surface area contributed by atoms with Crippen LogP contribution in [0.15, 0.2) is 127 Å². The molecule has 6 atom stereocenters. The summed E-state index contributed by atoms with van der Waals surface area (Å²) in [6.07, 6.45) is 6.09. The van der Waals surface area contributed by atoms with E-state index in [4.69, 9.17) is 14.2 Å². The third kappa shape index (κ3) is 6.42. The molecule has 2 saturated heterocycles. The number of phenolic OH excluding ortho intramolecular Hbond substituents is 1. The van der Waals surface area contributed by atoms with Crippen molar-refractivity contribution in [3.8, 4) is 29.1 Å². The van der Waals surface area contributed by atoms with Gasteiger partial charge in [-0.25, -0.2) is 0 Å². The number of carbonyl (C=O) groups excluding carboxylic acids is 3. The molecule has 0 radical (unpaired) electrons. The van der Waals surface area contributed by atoms with Crippen molar-refractivity contribution >= 4 is 23.5 Å². The number of hydrogen-bond donors (Lipinski definition) is 2. The Hall–Kier alpha value is -6.83. The second kappa shape index (κ2) is 15.9. The average Bonchev–Trinajstić information content (AvgIpc) is 3.79. The number of benzene rings is 5. The minimum atomic E-state index is -1.66. The minimum absolute atomic E-state index is 0.0506. The van der Waals surface area contributed by atoms with Crippen LogP contribution in [0.4, 0.5) is 5.69 Å². The molecule has 0 bridgehead atoms. The van der Waals surface area contributed by atoms with E-state index >= 15 is 14.4 Å². The van der Waals surface area contributed by atoms with Crippen molar-refractivity contribution < 1.29 is 33.7 Å². The fourth-order valence-electron chi connectivity index (χ4n) is 10.7. The molecule has 4 heterocycles. The van der Waals surface area contributed by atoms with Gasteiger partial charge in [0.05, 0.1) is 32.2 Å². The highest BCUT2D eigenvalue weighted by Gasteiger charge is 2.74. The summed E-state index contributed by atoms with van der Waals surface area (Å²) >= 11 is 0. The van der Waals surface area contributed by atoms with Crippen LogP contribution in [0.2, 0.25) is 0 Å². The normalized spacial score (nSPS) is 25.0. The molecular weight excluding hydrogens is 779 g/mol. The molecule has 0 unspecified atom stereocenters. The fraction of sp³-hybridized carbons (Fsp3) is 0.288. The molecule has 0 aromatic heterocycles. The number of amides is 2. The molecule has 10 heteroatoms. The van der Waals surface area contributed by atoms with Crippen LogP contribution in [0.3, 0.4) is 0 Å². The van der Waals surface area contributed by atoms with Crippen LogP contribution in [-0.4, -0.2) is 59.5 Å². The van der Waals surface area contributed by atoms with E-state index in [0.717, 1.165) is 53.5 Å². The third-order valence-corrected chi connectivity index (χ3v) is 13.5. The second-order valence-corrected chi connectivity index (χ2v) is 16.8. The molecule has 2 N–H and O–H groups in total. The van der Waals surface area contributed by atoms with E-state index in [1.807, 2.05) is 91.0 Å². The Morgan fingerprint density at radius 3 is 2.19 bits per heavy atom. The molecule has 5 aromatic rings. The largest absolute Gasteiger partial charge is 0.508 e. The SMILES string of the molecule is COc1cc2c(cc1OC)CN(C(=O)[C@@H]1[C@H]3C(=O)O[C@H](c4ccccc4)[C@H](c4ccccc4)N3[C@H](c3ccc(O)cc3)[C@@]13C(=O)Nc1ccc(C#CC4=CCCCC4)cc13)CC2. The molecule has 1 aliphatic carbocycles. The number of esters is 1. The van der Waals surface area contributed by atoms with Gasteiger partial charge < -0.3 is 29.5 Å². The van der Waals surface area contributed by atoms with E-state index < -0.39 is 47.4 Å². The molecule has 4 aliphatic heterocycles. The third-order valence-electron chi connectivity index (χ3n) is 13.5. The van der Waals surface area contributed by atoms with E-state index in [1.54, 1.807) is 43.4 Å². The summed E-state index contributed by atoms with van der Waals surface area (Å²) in [5, 5.41) is 13.9. The number of nitrogens with zero attached hydrogens (tertiary/aromatic N) is 2. The number of anilines is 1. The molecule has 10 rings (SSSR count). The average molecular weight is 826 g/mol. The Kier molecular flexibility index (Phi) is 10.1. The van der Waals surface area contributed by atoms with Crippen LogP contribution in [0.1, 0.15) is 82.8 Å². The van der Waals surface area contributed by atoms with Gasteiger partial charge in [0.1, 0.15) is 23.3 Å². The molecule has 0 saturated carbocycles. The number of methoxy groups -OCH3 is 2. The predicted octanol–water partition coefficient (Wildman–Crippen LogP) is 8.12. The number of fused-ring (bicyclic) bond motifs is 4. The maximum atomic E-state index is 16.0. The summed E-state index contributed by atoms with van der Waals surface area (Å²) in [7, 11) is 3.18. The summed E-state index contributed by atoms with van der Waals surface area (Å²) in [6.45, 7) is 0.583. The summed E-state index contributed by atoms with van der Waals surface area (Å²) in [5.41, 5.74) is 5.51. The highest BCUT2D eigenvalue weighted by Crippen LogP contribution is 2.65. The molecule has 1 spiro atoms.